The first kappa shape index (κ1) is 23.3. The number of aromatic nitrogens is 8. The van der Waals surface area contributed by atoms with Gasteiger partial charge in [-0.1, -0.05) is 18.2 Å². The van der Waals surface area contributed by atoms with Crippen LogP contribution in [0.25, 0.3) is 5.69 Å². The molecule has 5 aromatic rings. The van der Waals surface area contributed by atoms with E-state index in [9.17, 15) is 18.7 Å². The quantitative estimate of drug-likeness (QED) is 0.356. The summed E-state index contributed by atoms with van der Waals surface area (Å²) >= 11 is 0. The van der Waals surface area contributed by atoms with Crippen LogP contribution >= 0.6 is 0 Å². The molecule has 0 radical (unpaired) electrons. The van der Waals surface area contributed by atoms with Gasteiger partial charge in [-0.3, -0.25) is 9.13 Å². The molecular formula is C24H22F2N8O2. The summed E-state index contributed by atoms with van der Waals surface area (Å²) in [5.74, 6) is -1.71. The zero-order chi connectivity index (χ0) is 25.3. The lowest BCUT2D eigenvalue weighted by atomic mass is 9.86. The maximum atomic E-state index is 14.8. The molecule has 0 unspecified atom stereocenters. The summed E-state index contributed by atoms with van der Waals surface area (Å²) in [6.07, 6.45) is 8.81. The molecule has 0 saturated carbocycles. The summed E-state index contributed by atoms with van der Waals surface area (Å²) in [5.41, 5.74) is -0.974. The number of hydrogen-bond acceptors (Lipinski definition) is 6. The van der Waals surface area contributed by atoms with Crippen molar-refractivity contribution in [2.24, 2.45) is 0 Å². The van der Waals surface area contributed by atoms with Gasteiger partial charge in [0.15, 0.2) is 0 Å². The molecule has 0 aliphatic carbocycles. The van der Waals surface area contributed by atoms with Gasteiger partial charge in [0.2, 0.25) is 0 Å². The van der Waals surface area contributed by atoms with E-state index >= 15 is 0 Å². The number of halogens is 2. The smallest absolute Gasteiger partial charge is 0.333 e. The fourth-order valence-corrected chi connectivity index (χ4v) is 4.22. The molecule has 0 aliphatic rings. The summed E-state index contributed by atoms with van der Waals surface area (Å²) < 4.78 is 34.2. The molecule has 2 aromatic carbocycles. The molecule has 12 heteroatoms. The van der Waals surface area contributed by atoms with Crippen LogP contribution in [-0.2, 0) is 18.7 Å². The number of nitrogens with zero attached hydrogens (tertiary/aromatic N) is 8. The van der Waals surface area contributed by atoms with Gasteiger partial charge in [-0.15, -0.1) is 0 Å². The van der Waals surface area contributed by atoms with Crippen molar-refractivity contribution in [2.45, 2.75) is 31.7 Å². The zero-order valence-electron chi connectivity index (χ0n) is 19.2. The van der Waals surface area contributed by atoms with Crippen molar-refractivity contribution in [2.75, 3.05) is 0 Å². The van der Waals surface area contributed by atoms with E-state index in [1.807, 2.05) is 12.1 Å². The van der Waals surface area contributed by atoms with E-state index < -0.39 is 29.0 Å². The highest BCUT2D eigenvalue weighted by Crippen LogP contribution is 2.36. The third-order valence-corrected chi connectivity index (χ3v) is 6.20. The highest BCUT2D eigenvalue weighted by Gasteiger charge is 2.41. The lowest BCUT2D eigenvalue weighted by Gasteiger charge is -2.35. The monoisotopic (exact) mass is 492 g/mol. The number of aliphatic hydroxyl groups is 1. The third-order valence-electron chi connectivity index (χ3n) is 6.20. The van der Waals surface area contributed by atoms with Gasteiger partial charge in [0, 0.05) is 24.0 Å². The molecule has 1 N–H and O–H groups in total. The molecule has 0 fully saturated rings. The standard InChI is InChI=1S/C24H22F2N8O2/c1-17(24(36,12-32-16-28-14-30-32)21-7-4-19(25)10-22(21)26)33-8-9-34(23(33)35)20-5-2-18(3-6-20)11-31-15-27-13-29-31/h2-10,13-17,36H,11-12H2,1H3/t17-,24-/m1/s1. The molecule has 0 spiro atoms. The number of imidazole rings is 1. The van der Waals surface area contributed by atoms with Crippen LogP contribution in [0, 0.1) is 11.6 Å². The third kappa shape index (κ3) is 4.33. The molecule has 10 nitrogen and oxygen atoms in total. The van der Waals surface area contributed by atoms with Crippen molar-refractivity contribution in [1.82, 2.24) is 38.7 Å². The fourth-order valence-electron chi connectivity index (χ4n) is 4.22. The molecule has 5 rings (SSSR count). The van der Waals surface area contributed by atoms with Crippen LogP contribution in [0.2, 0.25) is 0 Å². The van der Waals surface area contributed by atoms with Gasteiger partial charge < -0.3 is 5.11 Å². The summed E-state index contributed by atoms with van der Waals surface area (Å²) in [5, 5.41) is 19.9. The Morgan fingerprint density at radius 3 is 2.31 bits per heavy atom. The van der Waals surface area contributed by atoms with Crippen LogP contribution in [0.4, 0.5) is 8.78 Å². The first-order valence-electron chi connectivity index (χ1n) is 11.1. The maximum Gasteiger partial charge on any atom is 0.333 e. The molecule has 3 aromatic heterocycles. The first-order chi connectivity index (χ1) is 17.3. The van der Waals surface area contributed by atoms with Crippen molar-refractivity contribution in [3.05, 3.63) is 113 Å². The van der Waals surface area contributed by atoms with Gasteiger partial charge in [0.1, 0.15) is 42.5 Å². The summed E-state index contributed by atoms with van der Waals surface area (Å²) in [6.45, 7) is 1.91. The van der Waals surface area contributed by atoms with Crippen LogP contribution in [0.15, 0.2) is 85.0 Å². The van der Waals surface area contributed by atoms with Crippen LogP contribution in [0.5, 0.6) is 0 Å². The van der Waals surface area contributed by atoms with Gasteiger partial charge in [-0.05, 0) is 30.7 Å². The lowest BCUT2D eigenvalue weighted by Crippen LogP contribution is -2.43. The average molecular weight is 492 g/mol. The van der Waals surface area contributed by atoms with E-state index in [4.69, 9.17) is 0 Å². The fraction of sp³-hybridized carbons (Fsp3) is 0.208. The Kier molecular flexibility index (Phi) is 6.02. The Morgan fingerprint density at radius 1 is 0.972 bits per heavy atom. The number of hydrogen-bond donors (Lipinski definition) is 1. The van der Waals surface area contributed by atoms with Gasteiger partial charge in [-0.25, -0.2) is 32.9 Å². The highest BCUT2D eigenvalue weighted by molar-refractivity contribution is 5.35. The predicted molar refractivity (Wildman–Crippen MR) is 124 cm³/mol. The van der Waals surface area contributed by atoms with E-state index in [2.05, 4.69) is 20.2 Å². The molecule has 184 valence electrons. The molecule has 0 saturated heterocycles. The van der Waals surface area contributed by atoms with Crippen molar-refractivity contribution in [1.29, 1.82) is 0 Å². The van der Waals surface area contributed by atoms with Gasteiger partial charge in [0.05, 0.1) is 24.8 Å². The second kappa shape index (κ2) is 9.30. The summed E-state index contributed by atoms with van der Waals surface area (Å²) in [4.78, 5) is 21.2. The number of benzene rings is 2. The Hall–Kier alpha value is -4.45. The Bertz CT molecular complexity index is 1510. The minimum Gasteiger partial charge on any atom is -0.381 e. The predicted octanol–water partition coefficient (Wildman–Crippen LogP) is 2.30. The zero-order valence-corrected chi connectivity index (χ0v) is 19.2. The van der Waals surface area contributed by atoms with Gasteiger partial charge >= 0.3 is 5.69 Å². The molecule has 2 atom stereocenters. The Morgan fingerprint density at radius 2 is 1.67 bits per heavy atom. The Labute approximate surface area is 203 Å². The minimum absolute atomic E-state index is 0.163. The largest absolute Gasteiger partial charge is 0.381 e. The minimum atomic E-state index is -1.96. The lowest BCUT2D eigenvalue weighted by molar-refractivity contribution is -0.0342. The van der Waals surface area contributed by atoms with Gasteiger partial charge in [0.25, 0.3) is 0 Å². The molecule has 0 amide bonds. The highest BCUT2D eigenvalue weighted by atomic mass is 19.1. The van der Waals surface area contributed by atoms with Crippen LogP contribution < -0.4 is 5.69 Å². The summed E-state index contributed by atoms with van der Waals surface area (Å²) in [6, 6.07) is 9.32. The second-order valence-electron chi connectivity index (χ2n) is 8.43. The van der Waals surface area contributed by atoms with E-state index in [1.54, 1.807) is 36.3 Å². The van der Waals surface area contributed by atoms with Crippen LogP contribution in [0.3, 0.4) is 0 Å². The van der Waals surface area contributed by atoms with E-state index in [1.165, 1.54) is 45.1 Å². The SMILES string of the molecule is C[C@@H](n1ccn(-c2ccc(Cn3cncn3)cc2)c1=O)[C@](O)(Cn1cncn1)c1ccc(F)cc1F. The van der Waals surface area contributed by atoms with Gasteiger partial charge in [-0.2, -0.15) is 10.2 Å². The molecule has 0 aliphatic heterocycles. The van der Waals surface area contributed by atoms with Crippen molar-refractivity contribution < 1.29 is 13.9 Å². The van der Waals surface area contributed by atoms with Crippen LogP contribution in [0.1, 0.15) is 24.1 Å². The number of rotatable bonds is 8. The van der Waals surface area contributed by atoms with E-state index in [0.717, 1.165) is 11.6 Å². The molecule has 3 heterocycles. The Balaban J connectivity index is 1.49. The molecule has 0 bridgehead atoms. The molecular weight excluding hydrogens is 470 g/mol. The topological polar surface area (TPSA) is 109 Å². The van der Waals surface area contributed by atoms with Crippen LogP contribution in [-0.4, -0.2) is 43.8 Å². The maximum absolute atomic E-state index is 14.8. The second-order valence-corrected chi connectivity index (χ2v) is 8.43. The van der Waals surface area contributed by atoms with E-state index in [0.29, 0.717) is 18.3 Å². The normalized spacial score (nSPS) is 14.0. The molecule has 36 heavy (non-hydrogen) atoms. The van der Waals surface area contributed by atoms with E-state index in [-0.39, 0.29) is 12.1 Å². The summed E-state index contributed by atoms with van der Waals surface area (Å²) in [7, 11) is 0. The average Bonchev–Trinajstić information content (AvgIpc) is 3.62. The van der Waals surface area contributed by atoms with Crippen molar-refractivity contribution in [3.8, 4) is 5.69 Å². The first-order valence-corrected chi connectivity index (χ1v) is 11.1. The van der Waals surface area contributed by atoms with Crippen molar-refractivity contribution in [3.63, 3.8) is 0 Å². The van der Waals surface area contributed by atoms with Crippen molar-refractivity contribution >= 4 is 0 Å².